The zero-order valence-electron chi connectivity index (χ0n) is 12.3. The summed E-state index contributed by atoms with van der Waals surface area (Å²) in [6.45, 7) is 0.766. The second-order valence-corrected chi connectivity index (χ2v) is 4.92. The lowest BCUT2D eigenvalue weighted by Crippen LogP contribution is -2.08. The van der Waals surface area contributed by atoms with Crippen molar-refractivity contribution in [2.45, 2.75) is 6.42 Å². The van der Waals surface area contributed by atoms with E-state index in [0.717, 1.165) is 16.9 Å². The topological polar surface area (TPSA) is 87.9 Å². The number of hydrogen-bond donors (Lipinski definition) is 3. The summed E-state index contributed by atoms with van der Waals surface area (Å²) in [7, 11) is 1.89. The molecule has 3 N–H and O–H groups in total. The normalized spacial score (nSPS) is 10.8. The van der Waals surface area contributed by atoms with Crippen LogP contribution in [0.4, 0.5) is 17.5 Å². The predicted molar refractivity (Wildman–Crippen MR) is 86.2 cm³/mol. The number of rotatable bonds is 6. The van der Waals surface area contributed by atoms with Crippen LogP contribution in [0.2, 0.25) is 0 Å². The van der Waals surface area contributed by atoms with Crippen molar-refractivity contribution in [2.75, 3.05) is 23.8 Å². The third-order valence-corrected chi connectivity index (χ3v) is 3.22. The minimum atomic E-state index is 0.137. The largest absolute Gasteiger partial charge is 0.396 e. The Kier molecular flexibility index (Phi) is 4.15. The standard InChI is InChI=1S/C15H18N6O/c1-21-10-17-12-13(16-8-5-9-22)19-15(20-14(12)21)18-11-6-3-2-4-7-11/h2-4,6-7,10,22H,5,8-9H2,1H3,(H2,16,18,19,20). The molecule has 0 unspecified atom stereocenters. The van der Waals surface area contributed by atoms with E-state index in [0.29, 0.717) is 24.7 Å². The van der Waals surface area contributed by atoms with Crippen molar-refractivity contribution in [1.29, 1.82) is 0 Å². The molecule has 0 spiro atoms. The van der Waals surface area contributed by atoms with Crippen LogP contribution in [-0.4, -0.2) is 37.8 Å². The summed E-state index contributed by atoms with van der Waals surface area (Å²) in [5.74, 6) is 1.17. The van der Waals surface area contributed by atoms with E-state index >= 15 is 0 Å². The maximum absolute atomic E-state index is 8.91. The Morgan fingerprint density at radius 1 is 1.18 bits per heavy atom. The fourth-order valence-corrected chi connectivity index (χ4v) is 2.12. The van der Waals surface area contributed by atoms with Gasteiger partial charge in [-0.05, 0) is 18.6 Å². The van der Waals surface area contributed by atoms with Gasteiger partial charge in [-0.25, -0.2) is 4.98 Å². The van der Waals surface area contributed by atoms with Gasteiger partial charge in [-0.1, -0.05) is 18.2 Å². The van der Waals surface area contributed by atoms with Gasteiger partial charge in [0.1, 0.15) is 0 Å². The van der Waals surface area contributed by atoms with Gasteiger partial charge in [0.05, 0.1) is 6.33 Å². The van der Waals surface area contributed by atoms with Gasteiger partial charge in [0.25, 0.3) is 0 Å². The molecule has 3 rings (SSSR count). The first-order valence-corrected chi connectivity index (χ1v) is 7.14. The number of benzene rings is 1. The van der Waals surface area contributed by atoms with E-state index in [1.807, 2.05) is 41.9 Å². The lowest BCUT2D eigenvalue weighted by Gasteiger charge is -2.09. The van der Waals surface area contributed by atoms with Gasteiger partial charge in [-0.15, -0.1) is 0 Å². The molecule has 0 amide bonds. The van der Waals surface area contributed by atoms with E-state index < -0.39 is 0 Å². The van der Waals surface area contributed by atoms with Crippen molar-refractivity contribution in [3.63, 3.8) is 0 Å². The number of hydrogen-bond acceptors (Lipinski definition) is 6. The molecule has 0 atom stereocenters. The summed E-state index contributed by atoms with van der Waals surface area (Å²) in [4.78, 5) is 13.3. The molecule has 0 aliphatic carbocycles. The van der Waals surface area contributed by atoms with E-state index in [9.17, 15) is 0 Å². The van der Waals surface area contributed by atoms with E-state index in [2.05, 4.69) is 25.6 Å². The van der Waals surface area contributed by atoms with Gasteiger partial charge >= 0.3 is 0 Å². The molecule has 0 saturated carbocycles. The van der Waals surface area contributed by atoms with Gasteiger partial charge < -0.3 is 20.3 Å². The Hall–Kier alpha value is -2.67. The molecular formula is C15H18N6O. The number of aliphatic hydroxyl groups excluding tert-OH is 1. The fourth-order valence-electron chi connectivity index (χ4n) is 2.12. The summed E-state index contributed by atoms with van der Waals surface area (Å²) in [6.07, 6.45) is 2.36. The van der Waals surface area contributed by atoms with E-state index in [4.69, 9.17) is 5.11 Å². The quantitative estimate of drug-likeness (QED) is 0.602. The Bertz CT molecular complexity index is 755. The number of nitrogens with zero attached hydrogens (tertiary/aromatic N) is 4. The van der Waals surface area contributed by atoms with Crippen molar-refractivity contribution >= 4 is 28.6 Å². The van der Waals surface area contributed by atoms with Gasteiger partial charge in [-0.3, -0.25) is 0 Å². The van der Waals surface area contributed by atoms with Gasteiger partial charge in [0.2, 0.25) is 5.95 Å². The first kappa shape index (κ1) is 14.3. The molecule has 7 heteroatoms. The summed E-state index contributed by atoms with van der Waals surface area (Å²) in [6, 6.07) is 9.76. The van der Waals surface area contributed by atoms with E-state index in [1.54, 1.807) is 6.33 Å². The molecular weight excluding hydrogens is 280 g/mol. The molecule has 22 heavy (non-hydrogen) atoms. The molecule has 0 aliphatic rings. The molecule has 0 aliphatic heterocycles. The number of aromatic nitrogens is 4. The number of para-hydroxylation sites is 1. The second-order valence-electron chi connectivity index (χ2n) is 4.92. The minimum Gasteiger partial charge on any atom is -0.396 e. The number of imidazole rings is 1. The first-order chi connectivity index (χ1) is 10.8. The van der Waals surface area contributed by atoms with Crippen molar-refractivity contribution in [3.8, 4) is 0 Å². The Labute approximate surface area is 128 Å². The Balaban J connectivity index is 1.94. The highest BCUT2D eigenvalue weighted by Crippen LogP contribution is 2.22. The number of nitrogens with one attached hydrogen (secondary N) is 2. The summed E-state index contributed by atoms with van der Waals surface area (Å²) in [5, 5.41) is 15.3. The average molecular weight is 298 g/mol. The highest BCUT2D eigenvalue weighted by molar-refractivity contribution is 5.84. The maximum atomic E-state index is 8.91. The van der Waals surface area contributed by atoms with Crippen LogP contribution < -0.4 is 10.6 Å². The van der Waals surface area contributed by atoms with Crippen molar-refractivity contribution < 1.29 is 5.11 Å². The summed E-state index contributed by atoms with van der Waals surface area (Å²) in [5.41, 5.74) is 2.39. The number of fused-ring (bicyclic) bond motifs is 1. The highest BCUT2D eigenvalue weighted by atomic mass is 16.3. The number of anilines is 3. The Morgan fingerprint density at radius 3 is 2.77 bits per heavy atom. The SMILES string of the molecule is Cn1cnc2c(NCCCO)nc(Nc3ccccc3)nc21. The van der Waals surface area contributed by atoms with Crippen LogP contribution in [-0.2, 0) is 7.05 Å². The molecule has 0 radical (unpaired) electrons. The third kappa shape index (κ3) is 2.99. The molecule has 1 aromatic carbocycles. The summed E-state index contributed by atoms with van der Waals surface area (Å²) < 4.78 is 1.85. The monoisotopic (exact) mass is 298 g/mol. The van der Waals surface area contributed by atoms with Crippen LogP contribution in [0.5, 0.6) is 0 Å². The zero-order valence-corrected chi connectivity index (χ0v) is 12.3. The fraction of sp³-hybridized carbons (Fsp3) is 0.267. The van der Waals surface area contributed by atoms with Crippen LogP contribution in [0.15, 0.2) is 36.7 Å². The molecule has 0 bridgehead atoms. The number of aryl methyl sites for hydroxylation is 1. The van der Waals surface area contributed by atoms with Crippen LogP contribution in [0.1, 0.15) is 6.42 Å². The van der Waals surface area contributed by atoms with Crippen molar-refractivity contribution in [1.82, 2.24) is 19.5 Å². The molecule has 114 valence electrons. The van der Waals surface area contributed by atoms with Gasteiger partial charge in [0.15, 0.2) is 17.0 Å². The molecule has 2 heterocycles. The average Bonchev–Trinajstić information content (AvgIpc) is 2.90. The molecule has 0 saturated heterocycles. The zero-order chi connectivity index (χ0) is 15.4. The number of aliphatic hydroxyl groups is 1. The van der Waals surface area contributed by atoms with Crippen LogP contribution in [0, 0.1) is 0 Å². The highest BCUT2D eigenvalue weighted by Gasteiger charge is 2.11. The van der Waals surface area contributed by atoms with E-state index in [1.165, 1.54) is 0 Å². The van der Waals surface area contributed by atoms with Crippen molar-refractivity contribution in [2.24, 2.45) is 7.05 Å². The van der Waals surface area contributed by atoms with Crippen LogP contribution >= 0.6 is 0 Å². The van der Waals surface area contributed by atoms with Crippen LogP contribution in [0.25, 0.3) is 11.2 Å². The van der Waals surface area contributed by atoms with Gasteiger partial charge in [-0.2, -0.15) is 9.97 Å². The molecule has 7 nitrogen and oxygen atoms in total. The second kappa shape index (κ2) is 6.40. The lowest BCUT2D eigenvalue weighted by molar-refractivity contribution is 0.292. The third-order valence-electron chi connectivity index (χ3n) is 3.22. The minimum absolute atomic E-state index is 0.137. The smallest absolute Gasteiger partial charge is 0.231 e. The maximum Gasteiger partial charge on any atom is 0.231 e. The lowest BCUT2D eigenvalue weighted by atomic mass is 10.3. The van der Waals surface area contributed by atoms with Crippen molar-refractivity contribution in [3.05, 3.63) is 36.7 Å². The molecule has 0 fully saturated rings. The molecule has 2 aromatic heterocycles. The van der Waals surface area contributed by atoms with Crippen LogP contribution in [0.3, 0.4) is 0 Å². The van der Waals surface area contributed by atoms with Gasteiger partial charge in [0, 0.05) is 25.9 Å². The first-order valence-electron chi connectivity index (χ1n) is 7.14. The summed E-state index contributed by atoms with van der Waals surface area (Å²) >= 11 is 0. The van der Waals surface area contributed by atoms with E-state index in [-0.39, 0.29) is 6.61 Å². The molecule has 3 aromatic rings. The predicted octanol–water partition coefficient (Wildman–Crippen LogP) is 1.90. The Morgan fingerprint density at radius 2 is 2.00 bits per heavy atom.